The lowest BCUT2D eigenvalue weighted by atomic mass is 10.1. The highest BCUT2D eigenvalue weighted by Gasteiger charge is 2.15. The highest BCUT2D eigenvalue weighted by molar-refractivity contribution is 9.10. The summed E-state index contributed by atoms with van der Waals surface area (Å²) >= 11 is 3.36. The van der Waals surface area contributed by atoms with Gasteiger partial charge in [0.15, 0.2) is 0 Å². The van der Waals surface area contributed by atoms with E-state index in [9.17, 15) is 4.79 Å². The summed E-state index contributed by atoms with van der Waals surface area (Å²) in [6.45, 7) is 0. The minimum atomic E-state index is -0.472. The molecule has 0 unspecified atom stereocenters. The van der Waals surface area contributed by atoms with Crippen LogP contribution in [0.15, 0.2) is 53.3 Å². The van der Waals surface area contributed by atoms with E-state index in [-0.39, 0.29) is 0 Å². The number of halogens is 1. The minimum Gasteiger partial charge on any atom is -0.365 e. The van der Waals surface area contributed by atoms with Crippen LogP contribution in [0.5, 0.6) is 0 Å². The number of nitrogens with two attached hydrogens (primary N) is 1. The largest absolute Gasteiger partial charge is 0.365 e. The summed E-state index contributed by atoms with van der Waals surface area (Å²) in [6, 6.07) is 13.2. The van der Waals surface area contributed by atoms with Crippen molar-refractivity contribution in [3.8, 4) is 5.69 Å². The van der Waals surface area contributed by atoms with Gasteiger partial charge in [0.2, 0.25) is 0 Å². The topological polar surface area (TPSA) is 60.9 Å². The normalized spacial score (nSPS) is 10.8. The highest BCUT2D eigenvalue weighted by Crippen LogP contribution is 2.26. The number of primary amides is 1. The molecule has 0 spiro atoms. The average molecular weight is 316 g/mol. The number of carbonyl (C=O) groups excluding carboxylic acids is 1. The second kappa shape index (κ2) is 4.51. The van der Waals surface area contributed by atoms with Crippen molar-refractivity contribution in [1.82, 2.24) is 9.55 Å². The van der Waals surface area contributed by atoms with Crippen molar-refractivity contribution >= 4 is 32.9 Å². The molecule has 1 heterocycles. The molecular formula is C14H10BrN3O. The van der Waals surface area contributed by atoms with Crippen molar-refractivity contribution in [1.29, 1.82) is 0 Å². The number of benzene rings is 2. The number of amides is 1. The van der Waals surface area contributed by atoms with E-state index in [1.165, 1.54) is 0 Å². The van der Waals surface area contributed by atoms with Crippen LogP contribution in [0.3, 0.4) is 0 Å². The van der Waals surface area contributed by atoms with E-state index in [0.717, 1.165) is 16.7 Å². The van der Waals surface area contributed by atoms with Gasteiger partial charge in [0, 0.05) is 4.47 Å². The van der Waals surface area contributed by atoms with Gasteiger partial charge < -0.3 is 5.73 Å². The molecule has 2 aromatic carbocycles. The summed E-state index contributed by atoms with van der Waals surface area (Å²) in [7, 11) is 0. The lowest BCUT2D eigenvalue weighted by Crippen LogP contribution is -2.15. The number of imidazole rings is 1. The van der Waals surface area contributed by atoms with Gasteiger partial charge >= 0.3 is 0 Å². The molecule has 0 saturated carbocycles. The lowest BCUT2D eigenvalue weighted by molar-refractivity contribution is 0.0999. The molecule has 1 aromatic heterocycles. The fraction of sp³-hybridized carbons (Fsp3) is 0. The quantitative estimate of drug-likeness (QED) is 0.790. The van der Waals surface area contributed by atoms with Crippen LogP contribution >= 0.6 is 15.9 Å². The number of fused-ring (bicyclic) bond motifs is 1. The molecule has 0 aliphatic heterocycles. The first-order chi connectivity index (χ1) is 9.18. The van der Waals surface area contributed by atoms with E-state index in [4.69, 9.17) is 5.73 Å². The van der Waals surface area contributed by atoms with Crippen molar-refractivity contribution in [2.75, 3.05) is 0 Å². The number of nitrogens with zero attached hydrogens (tertiary/aromatic N) is 2. The Morgan fingerprint density at radius 1 is 1.16 bits per heavy atom. The van der Waals surface area contributed by atoms with Gasteiger partial charge in [-0.25, -0.2) is 4.98 Å². The number of hydrogen-bond acceptors (Lipinski definition) is 2. The second-order valence-corrected chi connectivity index (χ2v) is 4.96. The first kappa shape index (κ1) is 11.9. The summed E-state index contributed by atoms with van der Waals surface area (Å²) in [5.41, 5.74) is 8.44. The standard InChI is InChI=1S/C14H10BrN3O/c15-9-4-3-7-12(13(9)14(16)19)18-8-17-10-5-1-2-6-11(10)18/h1-8H,(H2,16,19). The first-order valence-corrected chi connectivity index (χ1v) is 6.48. The van der Waals surface area contributed by atoms with Crippen LogP contribution < -0.4 is 5.73 Å². The molecule has 0 radical (unpaired) electrons. The van der Waals surface area contributed by atoms with Crippen LogP contribution in [-0.2, 0) is 0 Å². The van der Waals surface area contributed by atoms with E-state index < -0.39 is 5.91 Å². The number of para-hydroxylation sites is 2. The fourth-order valence-electron chi connectivity index (χ4n) is 2.11. The van der Waals surface area contributed by atoms with Crippen LogP contribution in [-0.4, -0.2) is 15.5 Å². The summed E-state index contributed by atoms with van der Waals surface area (Å²) in [4.78, 5) is 16.0. The Balaban J connectivity index is 2.33. The smallest absolute Gasteiger partial charge is 0.251 e. The third-order valence-electron chi connectivity index (χ3n) is 2.95. The van der Waals surface area contributed by atoms with Crippen LogP contribution in [0.4, 0.5) is 0 Å². The summed E-state index contributed by atoms with van der Waals surface area (Å²) in [5, 5.41) is 0. The Hall–Kier alpha value is -2.14. The monoisotopic (exact) mass is 315 g/mol. The Morgan fingerprint density at radius 2 is 1.95 bits per heavy atom. The van der Waals surface area contributed by atoms with Gasteiger partial charge in [-0.05, 0) is 40.2 Å². The Bertz CT molecular complexity index is 779. The van der Waals surface area contributed by atoms with Crippen molar-refractivity contribution in [3.63, 3.8) is 0 Å². The van der Waals surface area contributed by atoms with Crippen LogP contribution in [0.25, 0.3) is 16.7 Å². The predicted molar refractivity (Wildman–Crippen MR) is 77.3 cm³/mol. The number of rotatable bonds is 2. The molecule has 0 aliphatic rings. The van der Waals surface area contributed by atoms with E-state index in [1.807, 2.05) is 41.0 Å². The van der Waals surface area contributed by atoms with Gasteiger partial charge in [-0.2, -0.15) is 0 Å². The molecular weight excluding hydrogens is 306 g/mol. The molecule has 2 N–H and O–H groups in total. The maximum Gasteiger partial charge on any atom is 0.251 e. The van der Waals surface area contributed by atoms with Crippen molar-refractivity contribution in [3.05, 3.63) is 58.8 Å². The fourth-order valence-corrected chi connectivity index (χ4v) is 2.66. The molecule has 0 aliphatic carbocycles. The number of aromatic nitrogens is 2. The zero-order valence-electron chi connectivity index (χ0n) is 9.88. The molecule has 3 rings (SSSR count). The molecule has 4 nitrogen and oxygen atoms in total. The number of carbonyl (C=O) groups is 1. The highest BCUT2D eigenvalue weighted by atomic mass is 79.9. The van der Waals surface area contributed by atoms with Gasteiger partial charge in [-0.3, -0.25) is 9.36 Å². The number of hydrogen-bond donors (Lipinski definition) is 1. The van der Waals surface area contributed by atoms with E-state index >= 15 is 0 Å². The average Bonchev–Trinajstić information content (AvgIpc) is 2.81. The zero-order valence-corrected chi connectivity index (χ0v) is 11.5. The van der Waals surface area contributed by atoms with Crippen molar-refractivity contribution in [2.24, 2.45) is 5.73 Å². The zero-order chi connectivity index (χ0) is 13.4. The molecule has 5 heteroatoms. The van der Waals surface area contributed by atoms with Gasteiger partial charge in [0.25, 0.3) is 5.91 Å². The van der Waals surface area contributed by atoms with E-state index in [0.29, 0.717) is 10.0 Å². The van der Waals surface area contributed by atoms with E-state index in [2.05, 4.69) is 20.9 Å². The minimum absolute atomic E-state index is 0.450. The summed E-state index contributed by atoms with van der Waals surface area (Å²) in [5.74, 6) is -0.472. The van der Waals surface area contributed by atoms with Gasteiger partial charge in [-0.15, -0.1) is 0 Å². The molecule has 0 fully saturated rings. The van der Waals surface area contributed by atoms with Crippen LogP contribution in [0, 0.1) is 0 Å². The lowest BCUT2D eigenvalue weighted by Gasteiger charge is -2.10. The Kier molecular flexibility index (Phi) is 2.83. The molecule has 0 atom stereocenters. The summed E-state index contributed by atoms with van der Waals surface area (Å²) in [6.07, 6.45) is 1.69. The summed E-state index contributed by atoms with van der Waals surface area (Å²) < 4.78 is 2.54. The van der Waals surface area contributed by atoms with Crippen LogP contribution in [0.2, 0.25) is 0 Å². The molecule has 0 bridgehead atoms. The van der Waals surface area contributed by atoms with Crippen LogP contribution in [0.1, 0.15) is 10.4 Å². The molecule has 19 heavy (non-hydrogen) atoms. The molecule has 94 valence electrons. The van der Waals surface area contributed by atoms with Crippen molar-refractivity contribution < 1.29 is 4.79 Å². The van der Waals surface area contributed by atoms with Gasteiger partial charge in [0.1, 0.15) is 6.33 Å². The van der Waals surface area contributed by atoms with E-state index in [1.54, 1.807) is 12.4 Å². The van der Waals surface area contributed by atoms with Gasteiger partial charge in [-0.1, -0.05) is 18.2 Å². The Labute approximate surface area is 118 Å². The van der Waals surface area contributed by atoms with Gasteiger partial charge in [0.05, 0.1) is 22.3 Å². The second-order valence-electron chi connectivity index (χ2n) is 4.10. The van der Waals surface area contributed by atoms with Crippen molar-refractivity contribution in [2.45, 2.75) is 0 Å². The molecule has 3 aromatic rings. The first-order valence-electron chi connectivity index (χ1n) is 5.69. The maximum atomic E-state index is 11.6. The molecule has 0 saturated heterocycles. The Morgan fingerprint density at radius 3 is 2.74 bits per heavy atom. The maximum absolute atomic E-state index is 11.6. The SMILES string of the molecule is NC(=O)c1c(Br)cccc1-n1cnc2ccccc21. The predicted octanol–water partition coefficient (Wildman–Crippen LogP) is 2.89. The molecule has 1 amide bonds. The third kappa shape index (κ3) is 1.92. The third-order valence-corrected chi connectivity index (χ3v) is 3.61.